The first-order valence-electron chi connectivity index (χ1n) is 8.67. The molecule has 1 heterocycles. The molecule has 1 atom stereocenters. The molecule has 3 nitrogen and oxygen atoms in total. The lowest BCUT2D eigenvalue weighted by Crippen LogP contribution is -2.33. The zero-order valence-electron chi connectivity index (χ0n) is 14.6. The van der Waals surface area contributed by atoms with Crippen molar-refractivity contribution in [3.05, 3.63) is 65.2 Å². The molecule has 26 heavy (non-hydrogen) atoms. The van der Waals surface area contributed by atoms with Crippen LogP contribution in [0.5, 0.6) is 5.75 Å². The van der Waals surface area contributed by atoms with E-state index >= 15 is 0 Å². The maximum atomic E-state index is 14.1. The molecule has 0 spiro atoms. The van der Waals surface area contributed by atoms with Crippen molar-refractivity contribution in [3.8, 4) is 5.75 Å². The van der Waals surface area contributed by atoms with Gasteiger partial charge >= 0.3 is 0 Å². The number of ether oxygens (including phenoxy) is 1. The summed E-state index contributed by atoms with van der Waals surface area (Å²) in [7, 11) is 0. The molecule has 1 fully saturated rings. The second-order valence-corrected chi connectivity index (χ2v) is 7.35. The first-order chi connectivity index (χ1) is 12.6. The fourth-order valence-electron chi connectivity index (χ4n) is 3.08. The summed E-state index contributed by atoms with van der Waals surface area (Å²) in [5.74, 6) is 0.318. The molecule has 1 aliphatic heterocycles. The molecule has 0 aliphatic carbocycles. The number of hydrogen-bond acceptors (Lipinski definition) is 3. The van der Waals surface area contributed by atoms with Gasteiger partial charge in [0.25, 0.3) is 5.91 Å². The van der Waals surface area contributed by atoms with Gasteiger partial charge in [0.05, 0.1) is 12.2 Å². The number of carbonyl (C=O) groups is 1. The maximum Gasteiger partial charge on any atom is 0.257 e. The monoisotopic (exact) mass is 377 g/mol. The van der Waals surface area contributed by atoms with Gasteiger partial charge in [-0.05, 0) is 43.7 Å². The Balaban J connectivity index is 1.74. The van der Waals surface area contributed by atoms with E-state index in [1.54, 1.807) is 28.8 Å². The molecule has 2 aromatic rings. The van der Waals surface area contributed by atoms with Gasteiger partial charge in [-0.25, -0.2) is 8.78 Å². The van der Waals surface area contributed by atoms with Gasteiger partial charge < -0.3 is 9.64 Å². The second kappa shape index (κ2) is 8.54. The largest absolute Gasteiger partial charge is 0.493 e. The number of amides is 1. The Bertz CT molecular complexity index is 784. The summed E-state index contributed by atoms with van der Waals surface area (Å²) >= 11 is 1.56. The van der Waals surface area contributed by atoms with E-state index < -0.39 is 11.6 Å². The Morgan fingerprint density at radius 2 is 2.04 bits per heavy atom. The Morgan fingerprint density at radius 3 is 2.85 bits per heavy atom. The topological polar surface area (TPSA) is 29.5 Å². The predicted molar refractivity (Wildman–Crippen MR) is 99.7 cm³/mol. The lowest BCUT2D eigenvalue weighted by molar-refractivity contribution is 0.0762. The Labute approximate surface area is 156 Å². The Kier molecular flexibility index (Phi) is 6.14. The van der Waals surface area contributed by atoms with Crippen molar-refractivity contribution in [2.45, 2.75) is 18.6 Å². The molecule has 2 aromatic carbocycles. The van der Waals surface area contributed by atoms with E-state index in [9.17, 15) is 13.6 Å². The van der Waals surface area contributed by atoms with Crippen LogP contribution in [0.4, 0.5) is 8.78 Å². The van der Waals surface area contributed by atoms with Crippen LogP contribution in [0.25, 0.3) is 0 Å². The lowest BCUT2D eigenvalue weighted by Gasteiger charge is -2.21. The van der Waals surface area contributed by atoms with E-state index in [4.69, 9.17) is 4.74 Å². The van der Waals surface area contributed by atoms with Gasteiger partial charge in [-0.2, -0.15) is 11.8 Å². The number of para-hydroxylation sites is 1. The second-order valence-electron chi connectivity index (χ2n) is 6.04. The number of rotatable bonds is 4. The van der Waals surface area contributed by atoms with Crippen LogP contribution < -0.4 is 4.74 Å². The van der Waals surface area contributed by atoms with E-state index in [2.05, 4.69) is 0 Å². The van der Waals surface area contributed by atoms with Crippen LogP contribution in [0.3, 0.4) is 0 Å². The molecular weight excluding hydrogens is 356 g/mol. The van der Waals surface area contributed by atoms with Crippen LogP contribution in [-0.2, 0) is 0 Å². The molecule has 0 saturated carbocycles. The van der Waals surface area contributed by atoms with Gasteiger partial charge in [0, 0.05) is 29.7 Å². The highest BCUT2D eigenvalue weighted by atomic mass is 32.2. The zero-order chi connectivity index (χ0) is 18.5. The van der Waals surface area contributed by atoms with Gasteiger partial charge in [0.2, 0.25) is 0 Å². The smallest absolute Gasteiger partial charge is 0.257 e. The standard InChI is InChI=1S/C20H21F2NO2S/c1-2-25-18-6-4-3-5-15(18)20(24)23-10-9-19(26-12-11-23)16-13-14(21)7-8-17(16)22/h3-8,13,19H,2,9-12H2,1H3. The fourth-order valence-corrected chi connectivity index (χ4v) is 4.32. The summed E-state index contributed by atoms with van der Waals surface area (Å²) in [6, 6.07) is 10.7. The van der Waals surface area contributed by atoms with Gasteiger partial charge in [-0.1, -0.05) is 12.1 Å². The Hall–Kier alpha value is -2.08. The number of hydrogen-bond donors (Lipinski definition) is 0. The van der Waals surface area contributed by atoms with Crippen LogP contribution in [0.15, 0.2) is 42.5 Å². The summed E-state index contributed by atoms with van der Waals surface area (Å²) in [5, 5.41) is -0.161. The van der Waals surface area contributed by atoms with E-state index in [1.165, 1.54) is 6.07 Å². The van der Waals surface area contributed by atoms with E-state index in [-0.39, 0.29) is 11.2 Å². The van der Waals surface area contributed by atoms with Gasteiger partial charge in [-0.15, -0.1) is 0 Å². The van der Waals surface area contributed by atoms with Crippen LogP contribution in [0.1, 0.15) is 34.5 Å². The van der Waals surface area contributed by atoms with Crippen molar-refractivity contribution in [3.63, 3.8) is 0 Å². The molecule has 1 amide bonds. The molecular formula is C20H21F2NO2S. The van der Waals surface area contributed by atoms with Gasteiger partial charge in [0.1, 0.15) is 17.4 Å². The van der Waals surface area contributed by atoms with Crippen molar-refractivity contribution in [1.82, 2.24) is 4.90 Å². The molecule has 138 valence electrons. The van der Waals surface area contributed by atoms with Crippen LogP contribution in [0, 0.1) is 11.6 Å². The molecule has 6 heteroatoms. The summed E-state index contributed by atoms with van der Waals surface area (Å²) in [6.45, 7) is 3.42. The first kappa shape index (κ1) is 18.7. The Morgan fingerprint density at radius 1 is 1.23 bits per heavy atom. The van der Waals surface area contributed by atoms with Crippen molar-refractivity contribution in [2.24, 2.45) is 0 Å². The third kappa shape index (κ3) is 4.18. The zero-order valence-corrected chi connectivity index (χ0v) is 15.4. The van der Waals surface area contributed by atoms with Crippen LogP contribution in [-0.4, -0.2) is 36.3 Å². The molecule has 1 unspecified atom stereocenters. The first-order valence-corrected chi connectivity index (χ1v) is 9.72. The quantitative estimate of drug-likeness (QED) is 0.775. The minimum Gasteiger partial charge on any atom is -0.493 e. The average Bonchev–Trinajstić information content (AvgIpc) is 2.90. The van der Waals surface area contributed by atoms with Crippen molar-refractivity contribution >= 4 is 17.7 Å². The molecule has 0 bridgehead atoms. The number of nitrogens with zero attached hydrogens (tertiary/aromatic N) is 1. The third-order valence-corrected chi connectivity index (χ3v) is 5.66. The van der Waals surface area contributed by atoms with Crippen molar-refractivity contribution in [1.29, 1.82) is 0 Å². The lowest BCUT2D eigenvalue weighted by atomic mass is 10.1. The SMILES string of the molecule is CCOc1ccccc1C(=O)N1CCSC(c2cc(F)ccc2F)CC1. The van der Waals surface area contributed by atoms with Crippen LogP contribution >= 0.6 is 11.8 Å². The minimum atomic E-state index is -0.440. The summed E-state index contributed by atoms with van der Waals surface area (Å²) in [4.78, 5) is 14.7. The fraction of sp³-hybridized carbons (Fsp3) is 0.350. The summed E-state index contributed by atoms with van der Waals surface area (Å²) in [5.41, 5.74) is 0.911. The molecule has 0 radical (unpaired) electrons. The maximum absolute atomic E-state index is 14.1. The molecule has 0 aromatic heterocycles. The van der Waals surface area contributed by atoms with E-state index in [1.807, 2.05) is 19.1 Å². The molecule has 3 rings (SSSR count). The van der Waals surface area contributed by atoms with Gasteiger partial charge in [-0.3, -0.25) is 4.79 Å². The van der Waals surface area contributed by atoms with Crippen molar-refractivity contribution in [2.75, 3.05) is 25.4 Å². The normalized spacial score (nSPS) is 17.7. The van der Waals surface area contributed by atoms with Crippen molar-refractivity contribution < 1.29 is 18.3 Å². The molecule has 1 saturated heterocycles. The number of benzene rings is 2. The van der Waals surface area contributed by atoms with E-state index in [0.717, 1.165) is 12.1 Å². The number of halogens is 2. The van der Waals surface area contributed by atoms with Gasteiger partial charge in [0.15, 0.2) is 0 Å². The van der Waals surface area contributed by atoms with Crippen LogP contribution in [0.2, 0.25) is 0 Å². The van der Waals surface area contributed by atoms with E-state index in [0.29, 0.717) is 48.7 Å². The average molecular weight is 377 g/mol. The number of thioether (sulfide) groups is 1. The number of carbonyl (C=O) groups excluding carboxylic acids is 1. The molecule has 1 aliphatic rings. The highest BCUT2D eigenvalue weighted by Gasteiger charge is 2.26. The summed E-state index contributed by atoms with van der Waals surface area (Å²) < 4.78 is 33.1. The summed E-state index contributed by atoms with van der Waals surface area (Å²) in [6.07, 6.45) is 0.577. The third-order valence-electron chi connectivity index (χ3n) is 4.35. The highest BCUT2D eigenvalue weighted by Crippen LogP contribution is 2.36. The molecule has 0 N–H and O–H groups in total. The highest BCUT2D eigenvalue weighted by molar-refractivity contribution is 7.99. The predicted octanol–water partition coefficient (Wildman–Crippen LogP) is 4.68. The minimum absolute atomic E-state index is 0.0879.